The van der Waals surface area contributed by atoms with Crippen LogP contribution in [0.2, 0.25) is 0 Å². The Morgan fingerprint density at radius 3 is 2.57 bits per heavy atom. The Hall–Kier alpha value is -1.55. The van der Waals surface area contributed by atoms with Gasteiger partial charge in [0.15, 0.2) is 0 Å². The first kappa shape index (κ1) is 16.3. The van der Waals surface area contributed by atoms with Crippen LogP contribution in [-0.2, 0) is 0 Å². The summed E-state index contributed by atoms with van der Waals surface area (Å²) in [6.45, 7) is 1.70. The molecule has 1 aromatic carbocycles. The van der Waals surface area contributed by atoms with Gasteiger partial charge < -0.3 is 14.7 Å². The lowest BCUT2D eigenvalue weighted by molar-refractivity contribution is 0.0650. The number of hydrogen-bond acceptors (Lipinski definition) is 3. The van der Waals surface area contributed by atoms with Gasteiger partial charge in [-0.1, -0.05) is 12.5 Å². The van der Waals surface area contributed by atoms with Gasteiger partial charge in [-0.15, -0.1) is 0 Å². The minimum absolute atomic E-state index is 0.0792. The minimum atomic E-state index is 0.0792. The zero-order valence-corrected chi connectivity index (χ0v) is 13.7. The lowest BCUT2D eigenvalue weighted by Crippen LogP contribution is -2.39. The summed E-state index contributed by atoms with van der Waals surface area (Å²) in [5, 5.41) is 9.21. The van der Waals surface area contributed by atoms with Gasteiger partial charge in [-0.3, -0.25) is 4.79 Å². The van der Waals surface area contributed by atoms with Crippen LogP contribution in [0.5, 0.6) is 5.75 Å². The smallest absolute Gasteiger partial charge is 0.253 e. The van der Waals surface area contributed by atoms with Crippen molar-refractivity contribution in [1.29, 1.82) is 0 Å². The summed E-state index contributed by atoms with van der Waals surface area (Å²) in [4.78, 5) is 14.5. The molecule has 1 amide bonds. The molecule has 0 bridgehead atoms. The van der Waals surface area contributed by atoms with E-state index in [1.54, 1.807) is 0 Å². The van der Waals surface area contributed by atoms with E-state index in [1.165, 1.54) is 19.3 Å². The monoisotopic (exact) mass is 317 g/mol. The topological polar surface area (TPSA) is 49.8 Å². The number of hydrogen-bond donors (Lipinski definition) is 1. The summed E-state index contributed by atoms with van der Waals surface area (Å²) >= 11 is 0. The molecule has 1 heterocycles. The highest BCUT2D eigenvalue weighted by Gasteiger charge is 2.23. The molecule has 0 atom stereocenters. The van der Waals surface area contributed by atoms with Gasteiger partial charge in [-0.25, -0.2) is 0 Å². The fraction of sp³-hybridized carbons (Fsp3) is 0.632. The number of piperidine rings is 1. The van der Waals surface area contributed by atoms with Crippen molar-refractivity contribution >= 4 is 5.91 Å². The van der Waals surface area contributed by atoms with Crippen LogP contribution in [0, 0.1) is 5.92 Å². The lowest BCUT2D eigenvalue weighted by Gasteiger charge is -2.31. The fourth-order valence-electron chi connectivity index (χ4n) is 3.58. The van der Waals surface area contributed by atoms with E-state index in [4.69, 9.17) is 4.74 Å². The molecule has 0 radical (unpaired) electrons. The minimum Gasteiger partial charge on any atom is -0.490 e. The van der Waals surface area contributed by atoms with Crippen LogP contribution in [0.3, 0.4) is 0 Å². The number of ether oxygens (including phenoxy) is 1. The highest BCUT2D eigenvalue weighted by Crippen LogP contribution is 2.25. The van der Waals surface area contributed by atoms with Crippen LogP contribution >= 0.6 is 0 Å². The number of nitrogens with zero attached hydrogens (tertiary/aromatic N) is 1. The number of likely N-dealkylation sites (tertiary alicyclic amines) is 1. The quantitative estimate of drug-likeness (QED) is 0.927. The van der Waals surface area contributed by atoms with Crippen molar-refractivity contribution in [3.8, 4) is 5.75 Å². The molecule has 126 valence electrons. The van der Waals surface area contributed by atoms with Crippen molar-refractivity contribution in [2.45, 2.75) is 51.0 Å². The van der Waals surface area contributed by atoms with Crippen molar-refractivity contribution in [1.82, 2.24) is 4.90 Å². The number of aliphatic hydroxyl groups is 1. The Bertz CT molecular complexity index is 517. The van der Waals surface area contributed by atoms with E-state index < -0.39 is 0 Å². The molecular weight excluding hydrogens is 290 g/mol. The number of amides is 1. The van der Waals surface area contributed by atoms with Crippen LogP contribution in [0.1, 0.15) is 55.3 Å². The molecule has 4 heteroatoms. The zero-order chi connectivity index (χ0) is 16.1. The average Bonchev–Trinajstić information content (AvgIpc) is 2.62. The van der Waals surface area contributed by atoms with Gasteiger partial charge in [-0.05, 0) is 62.6 Å². The van der Waals surface area contributed by atoms with Gasteiger partial charge in [0, 0.05) is 25.3 Å². The molecular formula is C19H27NO3. The molecule has 1 saturated heterocycles. The Labute approximate surface area is 138 Å². The zero-order valence-electron chi connectivity index (χ0n) is 13.7. The summed E-state index contributed by atoms with van der Waals surface area (Å²) in [5.74, 6) is 1.24. The molecule has 0 unspecified atom stereocenters. The largest absolute Gasteiger partial charge is 0.490 e. The van der Waals surface area contributed by atoms with E-state index in [1.807, 2.05) is 29.2 Å². The summed E-state index contributed by atoms with van der Waals surface area (Å²) in [7, 11) is 0. The van der Waals surface area contributed by atoms with E-state index in [0.29, 0.717) is 17.6 Å². The number of rotatable bonds is 4. The van der Waals surface area contributed by atoms with Crippen molar-refractivity contribution in [2.75, 3.05) is 19.7 Å². The maximum Gasteiger partial charge on any atom is 0.253 e. The fourth-order valence-corrected chi connectivity index (χ4v) is 3.58. The normalized spacial score (nSPS) is 20.5. The molecule has 1 aromatic rings. The highest BCUT2D eigenvalue weighted by atomic mass is 16.5. The summed E-state index contributed by atoms with van der Waals surface area (Å²) in [6, 6.07) is 7.61. The molecule has 2 fully saturated rings. The number of aliphatic hydroxyl groups excluding tert-OH is 1. The van der Waals surface area contributed by atoms with Gasteiger partial charge >= 0.3 is 0 Å². The van der Waals surface area contributed by atoms with Crippen LogP contribution in [0.25, 0.3) is 0 Å². The molecule has 3 rings (SSSR count). The Balaban J connectivity index is 1.61. The summed E-state index contributed by atoms with van der Waals surface area (Å²) in [6.07, 6.45) is 8.10. The predicted octanol–water partition coefficient (Wildman–Crippen LogP) is 3.24. The molecule has 23 heavy (non-hydrogen) atoms. The Kier molecular flexibility index (Phi) is 5.55. The highest BCUT2D eigenvalue weighted by molar-refractivity contribution is 5.94. The predicted molar refractivity (Wildman–Crippen MR) is 89.7 cm³/mol. The van der Waals surface area contributed by atoms with Gasteiger partial charge in [0.2, 0.25) is 0 Å². The van der Waals surface area contributed by atoms with Crippen LogP contribution in [-0.4, -0.2) is 41.7 Å². The van der Waals surface area contributed by atoms with Crippen LogP contribution < -0.4 is 4.74 Å². The van der Waals surface area contributed by atoms with Gasteiger partial charge in [0.05, 0.1) is 6.10 Å². The van der Waals surface area contributed by atoms with E-state index in [2.05, 4.69) is 0 Å². The summed E-state index contributed by atoms with van der Waals surface area (Å²) in [5.41, 5.74) is 0.709. The molecule has 1 saturated carbocycles. The molecule has 1 aliphatic heterocycles. The second-order valence-electron chi connectivity index (χ2n) is 6.82. The Morgan fingerprint density at radius 1 is 1.13 bits per heavy atom. The number of benzene rings is 1. The Morgan fingerprint density at radius 2 is 1.87 bits per heavy atom. The first-order valence-corrected chi connectivity index (χ1v) is 8.93. The third-order valence-corrected chi connectivity index (χ3v) is 5.10. The maximum absolute atomic E-state index is 12.6. The van der Waals surface area contributed by atoms with E-state index in [0.717, 1.165) is 44.5 Å². The summed E-state index contributed by atoms with van der Waals surface area (Å²) < 4.78 is 6.06. The molecule has 0 aromatic heterocycles. The van der Waals surface area contributed by atoms with Crippen LogP contribution in [0.15, 0.2) is 24.3 Å². The lowest BCUT2D eigenvalue weighted by atomic mass is 9.97. The molecule has 1 N–H and O–H groups in total. The third kappa shape index (κ3) is 4.25. The molecule has 4 nitrogen and oxygen atoms in total. The maximum atomic E-state index is 12.6. The third-order valence-electron chi connectivity index (χ3n) is 5.10. The molecule has 1 aliphatic carbocycles. The SMILES string of the molecule is O=C(c1cccc(OC2CCCCC2)c1)N1CCC(CO)CC1. The van der Waals surface area contributed by atoms with Crippen molar-refractivity contribution in [2.24, 2.45) is 5.92 Å². The van der Waals surface area contributed by atoms with Gasteiger partial charge in [0.1, 0.15) is 5.75 Å². The number of carbonyl (C=O) groups excluding carboxylic acids is 1. The van der Waals surface area contributed by atoms with E-state index in [9.17, 15) is 9.90 Å². The average molecular weight is 317 g/mol. The van der Waals surface area contributed by atoms with Crippen molar-refractivity contribution in [3.05, 3.63) is 29.8 Å². The molecule has 0 spiro atoms. The second-order valence-corrected chi connectivity index (χ2v) is 6.82. The molecule has 2 aliphatic rings. The van der Waals surface area contributed by atoms with Gasteiger partial charge in [-0.2, -0.15) is 0 Å². The first-order valence-electron chi connectivity index (χ1n) is 8.93. The number of carbonyl (C=O) groups is 1. The van der Waals surface area contributed by atoms with Gasteiger partial charge in [0.25, 0.3) is 5.91 Å². The van der Waals surface area contributed by atoms with Crippen molar-refractivity contribution < 1.29 is 14.6 Å². The standard InChI is InChI=1S/C19H27NO3/c21-14-15-9-11-20(12-10-15)19(22)16-5-4-8-18(13-16)23-17-6-2-1-3-7-17/h4-5,8,13,15,17,21H,1-3,6-7,9-12,14H2. The van der Waals surface area contributed by atoms with E-state index >= 15 is 0 Å². The second kappa shape index (κ2) is 7.82. The van der Waals surface area contributed by atoms with Crippen molar-refractivity contribution in [3.63, 3.8) is 0 Å². The van der Waals surface area contributed by atoms with E-state index in [-0.39, 0.29) is 12.5 Å². The first-order chi connectivity index (χ1) is 11.3. The van der Waals surface area contributed by atoms with Crippen LogP contribution in [0.4, 0.5) is 0 Å².